The maximum atomic E-state index is 12.0. The third kappa shape index (κ3) is 4.42. The van der Waals surface area contributed by atoms with E-state index in [0.29, 0.717) is 17.9 Å². The van der Waals surface area contributed by atoms with Gasteiger partial charge in [-0.15, -0.1) is 0 Å². The number of hydrogen-bond acceptors (Lipinski definition) is 3. The highest BCUT2D eigenvalue weighted by atomic mass is 79.9. The summed E-state index contributed by atoms with van der Waals surface area (Å²) in [4.78, 5) is 12.0. The van der Waals surface area contributed by atoms with Crippen LogP contribution in [-0.4, -0.2) is 18.7 Å². The van der Waals surface area contributed by atoms with Gasteiger partial charge in [0.05, 0.1) is 18.4 Å². The van der Waals surface area contributed by atoms with E-state index in [4.69, 9.17) is 4.74 Å². The molecule has 0 aliphatic carbocycles. The highest BCUT2D eigenvalue weighted by Crippen LogP contribution is 2.21. The number of benzene rings is 2. The molecule has 0 saturated carbocycles. The third-order valence-electron chi connectivity index (χ3n) is 2.76. The van der Waals surface area contributed by atoms with Crippen LogP contribution < -0.4 is 10.2 Å². The fraction of sp³-hybridized carbons (Fsp3) is 0.125. The molecule has 0 saturated heterocycles. The summed E-state index contributed by atoms with van der Waals surface area (Å²) in [5.74, 6) is 0.432. The molecule has 1 amide bonds. The number of hydrogen-bond donors (Lipinski definition) is 1. The Morgan fingerprint density at radius 2 is 2.05 bits per heavy atom. The van der Waals surface area contributed by atoms with Crippen LogP contribution >= 0.6 is 31.9 Å². The minimum atomic E-state index is -0.281. The molecule has 2 rings (SSSR count). The van der Waals surface area contributed by atoms with Crippen LogP contribution in [0.25, 0.3) is 0 Å². The largest absolute Gasteiger partial charge is 0.493 e. The quantitative estimate of drug-likeness (QED) is 0.571. The molecule has 0 atom stereocenters. The van der Waals surface area contributed by atoms with Crippen molar-refractivity contribution in [3.63, 3.8) is 0 Å². The Morgan fingerprint density at radius 3 is 2.77 bits per heavy atom. The lowest BCUT2D eigenvalue weighted by Crippen LogP contribution is -2.18. The Hall–Kier alpha value is -1.66. The van der Waals surface area contributed by atoms with Crippen LogP contribution in [0.3, 0.4) is 0 Å². The zero-order chi connectivity index (χ0) is 15.9. The van der Waals surface area contributed by atoms with Gasteiger partial charge in [0.15, 0.2) is 0 Å². The summed E-state index contributed by atoms with van der Waals surface area (Å²) in [6, 6.07) is 12.8. The summed E-state index contributed by atoms with van der Waals surface area (Å²) in [5.41, 5.74) is 3.81. The van der Waals surface area contributed by atoms with Crippen molar-refractivity contribution in [3.05, 3.63) is 62.5 Å². The molecule has 2 aromatic rings. The zero-order valence-electron chi connectivity index (χ0n) is 11.8. The summed E-state index contributed by atoms with van der Waals surface area (Å²) in [5, 5.41) is 4.00. The number of nitrogens with one attached hydrogen (secondary N) is 1. The molecule has 22 heavy (non-hydrogen) atoms. The lowest BCUT2D eigenvalue weighted by molar-refractivity contribution is 0.0954. The average Bonchev–Trinajstić information content (AvgIpc) is 2.50. The second kappa shape index (κ2) is 8.10. The molecular weight excluding hydrogens is 412 g/mol. The molecule has 0 radical (unpaired) electrons. The normalized spacial score (nSPS) is 10.7. The number of rotatable bonds is 5. The van der Waals surface area contributed by atoms with Crippen LogP contribution in [0.1, 0.15) is 22.8 Å². The van der Waals surface area contributed by atoms with Crippen molar-refractivity contribution in [2.75, 3.05) is 6.61 Å². The van der Waals surface area contributed by atoms with Crippen molar-refractivity contribution >= 4 is 44.0 Å². The van der Waals surface area contributed by atoms with Gasteiger partial charge in [0.1, 0.15) is 5.75 Å². The topological polar surface area (TPSA) is 50.7 Å². The first-order valence-electron chi connectivity index (χ1n) is 6.62. The highest BCUT2D eigenvalue weighted by Gasteiger charge is 2.08. The number of halogens is 2. The van der Waals surface area contributed by atoms with E-state index >= 15 is 0 Å². The van der Waals surface area contributed by atoms with E-state index in [1.54, 1.807) is 24.4 Å². The van der Waals surface area contributed by atoms with Crippen LogP contribution in [-0.2, 0) is 0 Å². The predicted molar refractivity (Wildman–Crippen MR) is 94.5 cm³/mol. The summed E-state index contributed by atoms with van der Waals surface area (Å²) < 4.78 is 7.15. The SMILES string of the molecule is CCOc1ccc(Br)cc1/C=N/NC(=O)c1ccccc1Br. The van der Waals surface area contributed by atoms with Crippen molar-refractivity contribution in [1.82, 2.24) is 5.43 Å². The van der Waals surface area contributed by atoms with E-state index in [9.17, 15) is 4.79 Å². The molecule has 0 fully saturated rings. The molecular formula is C16H14Br2N2O2. The second-order valence-corrected chi connectivity index (χ2v) is 6.06. The fourth-order valence-electron chi connectivity index (χ4n) is 1.77. The zero-order valence-corrected chi connectivity index (χ0v) is 15.0. The van der Waals surface area contributed by atoms with Crippen molar-refractivity contribution in [1.29, 1.82) is 0 Å². The lowest BCUT2D eigenvalue weighted by Gasteiger charge is -2.07. The van der Waals surface area contributed by atoms with Crippen LogP contribution in [0, 0.1) is 0 Å². The Bertz CT molecular complexity index is 702. The first kappa shape index (κ1) is 16.7. The Kier molecular flexibility index (Phi) is 6.15. The standard InChI is InChI=1S/C16H14Br2N2O2/c1-2-22-15-8-7-12(17)9-11(15)10-19-20-16(21)13-5-3-4-6-14(13)18/h3-10H,2H2,1H3,(H,20,21)/b19-10+. The molecule has 4 nitrogen and oxygen atoms in total. The van der Waals surface area contributed by atoms with Crippen LogP contribution in [0.2, 0.25) is 0 Å². The molecule has 0 unspecified atom stereocenters. The number of hydrazone groups is 1. The van der Waals surface area contributed by atoms with Crippen LogP contribution in [0.5, 0.6) is 5.75 Å². The van der Waals surface area contributed by atoms with Gasteiger partial charge in [-0.05, 0) is 53.2 Å². The molecule has 0 aliphatic rings. The number of ether oxygens (including phenoxy) is 1. The average molecular weight is 426 g/mol. The fourth-order valence-corrected chi connectivity index (χ4v) is 2.62. The van der Waals surface area contributed by atoms with E-state index in [1.165, 1.54) is 0 Å². The Balaban J connectivity index is 2.11. The van der Waals surface area contributed by atoms with Gasteiger partial charge >= 0.3 is 0 Å². The molecule has 2 aromatic carbocycles. The molecule has 1 N–H and O–H groups in total. The number of carbonyl (C=O) groups is 1. The molecule has 114 valence electrons. The first-order chi connectivity index (χ1) is 10.6. The highest BCUT2D eigenvalue weighted by molar-refractivity contribution is 9.10. The van der Waals surface area contributed by atoms with E-state index in [-0.39, 0.29) is 5.91 Å². The first-order valence-corrected chi connectivity index (χ1v) is 8.20. The van der Waals surface area contributed by atoms with Gasteiger partial charge in [0.25, 0.3) is 5.91 Å². The minimum Gasteiger partial charge on any atom is -0.493 e. The van der Waals surface area contributed by atoms with Crippen LogP contribution in [0.4, 0.5) is 0 Å². The number of amides is 1. The molecule has 0 spiro atoms. The van der Waals surface area contributed by atoms with Gasteiger partial charge < -0.3 is 4.74 Å². The number of carbonyl (C=O) groups excluding carboxylic acids is 1. The van der Waals surface area contributed by atoms with Gasteiger partial charge in [-0.1, -0.05) is 28.1 Å². The van der Waals surface area contributed by atoms with Crippen molar-refractivity contribution in [3.8, 4) is 5.75 Å². The van der Waals surface area contributed by atoms with E-state index in [2.05, 4.69) is 42.4 Å². The van der Waals surface area contributed by atoms with Crippen LogP contribution in [0.15, 0.2) is 56.5 Å². The summed E-state index contributed by atoms with van der Waals surface area (Å²) in [7, 11) is 0. The van der Waals surface area contributed by atoms with E-state index < -0.39 is 0 Å². The molecule has 0 heterocycles. The maximum absolute atomic E-state index is 12.0. The third-order valence-corrected chi connectivity index (χ3v) is 3.94. The van der Waals surface area contributed by atoms with Gasteiger partial charge in [0.2, 0.25) is 0 Å². The molecule has 6 heteroatoms. The van der Waals surface area contributed by atoms with Gasteiger partial charge in [-0.25, -0.2) is 5.43 Å². The number of nitrogens with zero attached hydrogens (tertiary/aromatic N) is 1. The van der Waals surface area contributed by atoms with E-state index in [0.717, 1.165) is 14.5 Å². The molecule has 0 bridgehead atoms. The minimum absolute atomic E-state index is 0.281. The second-order valence-electron chi connectivity index (χ2n) is 4.29. The molecule has 0 aliphatic heterocycles. The predicted octanol–water partition coefficient (Wildman–Crippen LogP) is 4.37. The van der Waals surface area contributed by atoms with Gasteiger partial charge in [-0.3, -0.25) is 4.79 Å². The summed E-state index contributed by atoms with van der Waals surface area (Å²) in [6.45, 7) is 2.48. The van der Waals surface area contributed by atoms with Crippen molar-refractivity contribution < 1.29 is 9.53 Å². The van der Waals surface area contributed by atoms with E-state index in [1.807, 2.05) is 31.2 Å². The Labute approximate surface area is 145 Å². The Morgan fingerprint density at radius 1 is 1.27 bits per heavy atom. The monoisotopic (exact) mass is 424 g/mol. The summed E-state index contributed by atoms with van der Waals surface area (Å²) >= 11 is 6.74. The lowest BCUT2D eigenvalue weighted by atomic mass is 10.2. The van der Waals surface area contributed by atoms with Crippen molar-refractivity contribution in [2.24, 2.45) is 5.10 Å². The smallest absolute Gasteiger partial charge is 0.272 e. The van der Waals surface area contributed by atoms with Gasteiger partial charge in [-0.2, -0.15) is 5.10 Å². The summed E-state index contributed by atoms with van der Waals surface area (Å²) in [6.07, 6.45) is 1.56. The maximum Gasteiger partial charge on any atom is 0.272 e. The molecule has 0 aromatic heterocycles. The van der Waals surface area contributed by atoms with Gasteiger partial charge in [0, 0.05) is 14.5 Å². The van der Waals surface area contributed by atoms with Crippen molar-refractivity contribution in [2.45, 2.75) is 6.92 Å².